The van der Waals surface area contributed by atoms with Crippen molar-refractivity contribution in [1.29, 1.82) is 0 Å². The minimum atomic E-state index is -0.457. The van der Waals surface area contributed by atoms with Gasteiger partial charge < -0.3 is 9.32 Å². The van der Waals surface area contributed by atoms with Crippen molar-refractivity contribution in [3.63, 3.8) is 0 Å². The number of fused-ring (bicyclic) bond motifs is 6. The predicted octanol–water partition coefficient (Wildman–Crippen LogP) is 17.3. The van der Waals surface area contributed by atoms with E-state index in [4.69, 9.17) is 4.42 Å². The van der Waals surface area contributed by atoms with Crippen molar-refractivity contribution < 1.29 is 4.42 Å². The van der Waals surface area contributed by atoms with Crippen LogP contribution in [0.3, 0.4) is 0 Å². The maximum atomic E-state index is 6.18. The Balaban J connectivity index is 1.01. The van der Waals surface area contributed by atoms with Crippen molar-refractivity contribution in [3.8, 4) is 44.5 Å². The van der Waals surface area contributed by atoms with Gasteiger partial charge in [-0.1, -0.05) is 195 Å². The van der Waals surface area contributed by atoms with E-state index >= 15 is 0 Å². The second-order valence-electron chi connectivity index (χ2n) is 17.5. The van der Waals surface area contributed by atoms with Crippen LogP contribution >= 0.6 is 0 Å². The normalized spacial score (nSPS) is 12.6. The van der Waals surface area contributed by atoms with Gasteiger partial charge in [-0.25, -0.2) is 0 Å². The third kappa shape index (κ3) is 6.25. The summed E-state index contributed by atoms with van der Waals surface area (Å²) in [6.45, 7) is 4.48. The molecule has 2 nitrogen and oxygen atoms in total. The highest BCUT2D eigenvalue weighted by atomic mass is 16.3. The van der Waals surface area contributed by atoms with Gasteiger partial charge in [-0.15, -0.1) is 0 Å². The SMILES string of the molecule is CCc1cccc(N(c2ccc(-c3ccc4oc5ccccc5c4c3)cc2)c2ccc(-c3cccc4c3-c3ccccc3C4(c3ccccc3)c3ccccc3)cc2)c1-c1ccccc1C. The lowest BCUT2D eigenvalue weighted by Crippen LogP contribution is -2.28. The van der Waals surface area contributed by atoms with Gasteiger partial charge in [0.2, 0.25) is 0 Å². The number of nitrogens with zero attached hydrogens (tertiary/aromatic N) is 1. The van der Waals surface area contributed by atoms with Crippen molar-refractivity contribution in [2.75, 3.05) is 4.90 Å². The van der Waals surface area contributed by atoms with Crippen LogP contribution in [0.2, 0.25) is 0 Å². The standard InChI is InChI=1S/C64H47NO/c1-3-44-19-16-30-59(62(44)52-24-11-10-18-43(52)2)65(50-37-32-45(33-38-50)47-36-41-61-56(42-47)54-25-13-15-31-60(54)66-61)51-39-34-46(35-40-51)53-27-17-29-58-63(53)55-26-12-14-28-57(55)64(58,48-20-6-4-7-21-48)49-22-8-5-9-23-49/h4-42H,3H2,1-2H3. The van der Waals surface area contributed by atoms with Crippen LogP contribution in [0.4, 0.5) is 17.1 Å². The number of para-hydroxylation sites is 1. The van der Waals surface area contributed by atoms with Gasteiger partial charge in [0, 0.05) is 27.7 Å². The average molecular weight is 846 g/mol. The Hall–Kier alpha value is -8.20. The first-order chi connectivity index (χ1) is 32.6. The third-order valence-electron chi connectivity index (χ3n) is 13.9. The molecule has 1 aromatic heterocycles. The van der Waals surface area contributed by atoms with Crippen LogP contribution in [-0.4, -0.2) is 0 Å². The highest BCUT2D eigenvalue weighted by Gasteiger charge is 2.46. The first kappa shape index (κ1) is 39.4. The second-order valence-corrected chi connectivity index (χ2v) is 17.5. The molecule has 0 saturated carbocycles. The molecule has 1 aliphatic carbocycles. The number of anilines is 3. The van der Waals surface area contributed by atoms with Crippen LogP contribution < -0.4 is 4.90 Å². The first-order valence-corrected chi connectivity index (χ1v) is 23.1. The van der Waals surface area contributed by atoms with Crippen LogP contribution in [0.5, 0.6) is 0 Å². The largest absolute Gasteiger partial charge is 0.456 e. The fourth-order valence-corrected chi connectivity index (χ4v) is 10.9. The predicted molar refractivity (Wildman–Crippen MR) is 276 cm³/mol. The Morgan fingerprint density at radius 2 is 0.970 bits per heavy atom. The summed E-state index contributed by atoms with van der Waals surface area (Å²) in [5, 5.41) is 2.27. The highest BCUT2D eigenvalue weighted by Crippen LogP contribution is 2.58. The van der Waals surface area contributed by atoms with Gasteiger partial charge in [-0.3, -0.25) is 0 Å². The van der Waals surface area contributed by atoms with Gasteiger partial charge in [0.25, 0.3) is 0 Å². The van der Waals surface area contributed by atoms with E-state index in [-0.39, 0.29) is 0 Å². The van der Waals surface area contributed by atoms with Gasteiger partial charge in [-0.2, -0.15) is 0 Å². The molecule has 0 amide bonds. The van der Waals surface area contributed by atoms with E-state index in [2.05, 4.69) is 243 Å². The van der Waals surface area contributed by atoms with Crippen LogP contribution in [0, 0.1) is 6.92 Å². The number of rotatable bonds is 9. The molecule has 0 spiro atoms. The second kappa shape index (κ2) is 16.1. The van der Waals surface area contributed by atoms with E-state index in [9.17, 15) is 0 Å². The van der Waals surface area contributed by atoms with E-state index < -0.39 is 5.41 Å². The Labute approximate surface area is 386 Å². The maximum absolute atomic E-state index is 6.18. The fraction of sp³-hybridized carbons (Fsp3) is 0.0625. The molecule has 0 fully saturated rings. The summed E-state index contributed by atoms with van der Waals surface area (Å²) in [4.78, 5) is 2.45. The summed E-state index contributed by atoms with van der Waals surface area (Å²) in [7, 11) is 0. The molecule has 0 bridgehead atoms. The molecule has 12 rings (SSSR count). The number of hydrogen-bond acceptors (Lipinski definition) is 2. The molecule has 314 valence electrons. The summed E-state index contributed by atoms with van der Waals surface area (Å²) in [5.41, 5.74) is 22.2. The fourth-order valence-electron chi connectivity index (χ4n) is 10.9. The zero-order valence-corrected chi connectivity index (χ0v) is 37.1. The number of benzene rings is 10. The van der Waals surface area contributed by atoms with Gasteiger partial charge >= 0.3 is 0 Å². The van der Waals surface area contributed by atoms with E-state index in [1.807, 2.05) is 12.1 Å². The topological polar surface area (TPSA) is 16.4 Å². The monoisotopic (exact) mass is 845 g/mol. The summed E-state index contributed by atoms with van der Waals surface area (Å²) < 4.78 is 6.18. The van der Waals surface area contributed by atoms with Crippen molar-refractivity contribution in [2.45, 2.75) is 25.7 Å². The minimum Gasteiger partial charge on any atom is -0.456 e. The molecule has 2 heteroatoms. The average Bonchev–Trinajstić information content (AvgIpc) is 3.91. The van der Waals surface area contributed by atoms with Crippen molar-refractivity contribution in [3.05, 3.63) is 270 Å². The van der Waals surface area contributed by atoms with E-state index in [1.54, 1.807) is 0 Å². The van der Waals surface area contributed by atoms with Gasteiger partial charge in [0.1, 0.15) is 11.2 Å². The summed E-state index contributed by atoms with van der Waals surface area (Å²) >= 11 is 0. The molecule has 0 aliphatic heterocycles. The van der Waals surface area contributed by atoms with Crippen LogP contribution in [0.1, 0.15) is 40.3 Å². The number of furan rings is 1. The molecule has 0 saturated heterocycles. The molecule has 0 N–H and O–H groups in total. The summed E-state index contributed by atoms with van der Waals surface area (Å²) in [5.74, 6) is 0. The first-order valence-electron chi connectivity index (χ1n) is 23.1. The van der Waals surface area contributed by atoms with Gasteiger partial charge in [0.15, 0.2) is 0 Å². The molecule has 66 heavy (non-hydrogen) atoms. The lowest BCUT2D eigenvalue weighted by Gasteiger charge is -2.34. The number of hydrogen-bond donors (Lipinski definition) is 0. The molecule has 0 atom stereocenters. The van der Waals surface area contributed by atoms with Crippen LogP contribution in [0.15, 0.2) is 241 Å². The smallest absolute Gasteiger partial charge is 0.135 e. The van der Waals surface area contributed by atoms with E-state index in [0.29, 0.717) is 0 Å². The molecule has 11 aromatic rings. The van der Waals surface area contributed by atoms with Crippen LogP contribution in [0.25, 0.3) is 66.4 Å². The van der Waals surface area contributed by atoms with Crippen molar-refractivity contribution >= 4 is 39.0 Å². The third-order valence-corrected chi connectivity index (χ3v) is 13.9. The summed E-state index contributed by atoms with van der Waals surface area (Å²) in [6.07, 6.45) is 0.919. The molecular formula is C64H47NO. The Kier molecular flexibility index (Phi) is 9.61. The van der Waals surface area contributed by atoms with Crippen molar-refractivity contribution in [2.24, 2.45) is 0 Å². The van der Waals surface area contributed by atoms with E-state index in [1.165, 1.54) is 66.8 Å². The minimum absolute atomic E-state index is 0.457. The zero-order chi connectivity index (χ0) is 44.2. The Morgan fingerprint density at radius 1 is 0.409 bits per heavy atom. The van der Waals surface area contributed by atoms with Crippen LogP contribution in [-0.2, 0) is 11.8 Å². The van der Waals surface area contributed by atoms with Crippen molar-refractivity contribution in [1.82, 2.24) is 0 Å². The molecule has 1 heterocycles. The quantitative estimate of drug-likeness (QED) is 0.144. The van der Waals surface area contributed by atoms with Gasteiger partial charge in [-0.05, 0) is 134 Å². The molecule has 1 aliphatic rings. The number of aryl methyl sites for hydroxylation is 2. The molecule has 0 radical (unpaired) electrons. The van der Waals surface area contributed by atoms with Gasteiger partial charge in [0.05, 0.1) is 11.1 Å². The zero-order valence-electron chi connectivity index (χ0n) is 37.1. The Morgan fingerprint density at radius 3 is 1.68 bits per heavy atom. The maximum Gasteiger partial charge on any atom is 0.135 e. The molecular weight excluding hydrogens is 799 g/mol. The highest BCUT2D eigenvalue weighted by molar-refractivity contribution is 6.06. The lowest BCUT2D eigenvalue weighted by atomic mass is 9.67. The lowest BCUT2D eigenvalue weighted by molar-refractivity contribution is 0.669. The summed E-state index contributed by atoms with van der Waals surface area (Å²) in [6, 6.07) is 86.7. The van der Waals surface area contributed by atoms with E-state index in [0.717, 1.165) is 56.5 Å². The molecule has 0 unspecified atom stereocenters. The Bertz CT molecular complexity index is 3530. The molecule has 10 aromatic carbocycles.